The molecule has 0 unspecified atom stereocenters. The molecule has 3 heterocycles. The molecule has 0 aliphatic heterocycles. The summed E-state index contributed by atoms with van der Waals surface area (Å²) in [5, 5.41) is 2.92. The van der Waals surface area contributed by atoms with Crippen molar-refractivity contribution in [1.29, 1.82) is 0 Å². The number of nitrogens with one attached hydrogen (secondary N) is 1. The van der Waals surface area contributed by atoms with Gasteiger partial charge in [0.15, 0.2) is 5.65 Å². The summed E-state index contributed by atoms with van der Waals surface area (Å²) in [5.41, 5.74) is 4.04. The minimum absolute atomic E-state index is 0.135. The first-order valence-corrected chi connectivity index (χ1v) is 9.36. The lowest BCUT2D eigenvalue weighted by Gasteiger charge is -2.09. The second-order valence-electron chi connectivity index (χ2n) is 6.52. The van der Waals surface area contributed by atoms with Crippen LogP contribution in [0.15, 0.2) is 67.0 Å². The minimum atomic E-state index is -0.135. The Kier molecular flexibility index (Phi) is 5.10. The van der Waals surface area contributed by atoms with Crippen molar-refractivity contribution in [3.8, 4) is 11.4 Å². The average molecular weight is 371 g/mol. The monoisotopic (exact) mass is 371 g/mol. The molecule has 1 aromatic carbocycles. The number of fused-ring (bicyclic) bond motifs is 1. The van der Waals surface area contributed by atoms with E-state index < -0.39 is 0 Å². The van der Waals surface area contributed by atoms with E-state index in [-0.39, 0.29) is 5.91 Å². The minimum Gasteiger partial charge on any atom is -0.346 e. The van der Waals surface area contributed by atoms with Crippen LogP contribution in [0.4, 0.5) is 0 Å². The van der Waals surface area contributed by atoms with E-state index in [1.165, 1.54) is 0 Å². The van der Waals surface area contributed by atoms with Gasteiger partial charge in [-0.1, -0.05) is 25.1 Å². The van der Waals surface area contributed by atoms with Gasteiger partial charge >= 0.3 is 0 Å². The molecule has 6 heteroatoms. The molecule has 4 aromatic rings. The number of aromatic nitrogens is 4. The van der Waals surface area contributed by atoms with Crippen LogP contribution in [0, 0.1) is 0 Å². The number of benzene rings is 1. The SMILES string of the molecule is CCCn1c(-c2cccc(C(=O)NCc3ccccn3)c2)nc2cccnc21. The van der Waals surface area contributed by atoms with Gasteiger partial charge in [0.25, 0.3) is 5.91 Å². The summed E-state index contributed by atoms with van der Waals surface area (Å²) in [6.07, 6.45) is 4.47. The lowest BCUT2D eigenvalue weighted by atomic mass is 10.1. The molecule has 0 atom stereocenters. The summed E-state index contributed by atoms with van der Waals surface area (Å²) < 4.78 is 2.11. The largest absolute Gasteiger partial charge is 0.346 e. The highest BCUT2D eigenvalue weighted by atomic mass is 16.1. The van der Waals surface area contributed by atoms with Gasteiger partial charge in [-0.15, -0.1) is 0 Å². The van der Waals surface area contributed by atoms with E-state index in [1.54, 1.807) is 12.4 Å². The molecular weight excluding hydrogens is 350 g/mol. The molecule has 0 saturated heterocycles. The van der Waals surface area contributed by atoms with Crippen LogP contribution in [-0.2, 0) is 13.1 Å². The molecule has 1 amide bonds. The number of carbonyl (C=O) groups is 1. The molecule has 28 heavy (non-hydrogen) atoms. The molecule has 1 N–H and O–H groups in total. The molecule has 4 rings (SSSR count). The number of carbonyl (C=O) groups excluding carboxylic acids is 1. The zero-order valence-electron chi connectivity index (χ0n) is 15.7. The van der Waals surface area contributed by atoms with Gasteiger partial charge in [0.1, 0.15) is 11.3 Å². The summed E-state index contributed by atoms with van der Waals surface area (Å²) in [4.78, 5) is 26.1. The van der Waals surface area contributed by atoms with Crippen LogP contribution in [-0.4, -0.2) is 25.4 Å². The van der Waals surface area contributed by atoms with Crippen LogP contribution < -0.4 is 5.32 Å². The number of imidazole rings is 1. The second kappa shape index (κ2) is 8.00. The van der Waals surface area contributed by atoms with Crippen LogP contribution in [0.2, 0.25) is 0 Å². The zero-order valence-corrected chi connectivity index (χ0v) is 15.7. The van der Waals surface area contributed by atoms with Gasteiger partial charge in [0.2, 0.25) is 0 Å². The quantitative estimate of drug-likeness (QED) is 0.559. The van der Waals surface area contributed by atoms with Crippen LogP contribution in [0.3, 0.4) is 0 Å². The van der Waals surface area contributed by atoms with Crippen LogP contribution in [0.1, 0.15) is 29.4 Å². The molecule has 0 bridgehead atoms. The first-order valence-electron chi connectivity index (χ1n) is 9.36. The second-order valence-corrected chi connectivity index (χ2v) is 6.52. The molecule has 3 aromatic heterocycles. The predicted octanol–water partition coefficient (Wildman–Crippen LogP) is 3.83. The number of hydrogen-bond donors (Lipinski definition) is 1. The third-order valence-electron chi connectivity index (χ3n) is 4.49. The van der Waals surface area contributed by atoms with Gasteiger partial charge in [0, 0.05) is 30.1 Å². The molecule has 0 aliphatic carbocycles. The predicted molar refractivity (Wildman–Crippen MR) is 109 cm³/mol. The van der Waals surface area contributed by atoms with Crippen LogP contribution in [0.25, 0.3) is 22.6 Å². The Morgan fingerprint density at radius 3 is 2.75 bits per heavy atom. The zero-order chi connectivity index (χ0) is 19.3. The fourth-order valence-corrected chi connectivity index (χ4v) is 3.19. The van der Waals surface area contributed by atoms with Gasteiger partial charge in [-0.2, -0.15) is 0 Å². The molecular formula is C22H21N5O. The van der Waals surface area contributed by atoms with Crippen molar-refractivity contribution < 1.29 is 4.79 Å². The van der Waals surface area contributed by atoms with E-state index in [4.69, 9.17) is 4.98 Å². The summed E-state index contributed by atoms with van der Waals surface area (Å²) in [6, 6.07) is 17.0. The van der Waals surface area contributed by atoms with Gasteiger partial charge in [-0.3, -0.25) is 9.78 Å². The molecule has 0 saturated carbocycles. The fourth-order valence-electron chi connectivity index (χ4n) is 3.19. The Morgan fingerprint density at radius 2 is 1.93 bits per heavy atom. The first-order chi connectivity index (χ1) is 13.8. The van der Waals surface area contributed by atoms with Crippen LogP contribution >= 0.6 is 0 Å². The maximum atomic E-state index is 12.6. The highest BCUT2D eigenvalue weighted by molar-refractivity contribution is 5.95. The number of hydrogen-bond acceptors (Lipinski definition) is 4. The summed E-state index contributed by atoms with van der Waals surface area (Å²) in [6.45, 7) is 3.33. The molecule has 0 spiro atoms. The Labute approximate surface area is 163 Å². The number of pyridine rings is 2. The highest BCUT2D eigenvalue weighted by Crippen LogP contribution is 2.24. The lowest BCUT2D eigenvalue weighted by Crippen LogP contribution is -2.23. The highest BCUT2D eigenvalue weighted by Gasteiger charge is 2.14. The topological polar surface area (TPSA) is 72.7 Å². The summed E-state index contributed by atoms with van der Waals surface area (Å²) in [5.74, 6) is 0.693. The van der Waals surface area contributed by atoms with Crippen molar-refractivity contribution in [2.45, 2.75) is 26.4 Å². The number of nitrogens with zero attached hydrogens (tertiary/aromatic N) is 4. The molecule has 6 nitrogen and oxygen atoms in total. The maximum Gasteiger partial charge on any atom is 0.251 e. The Hall–Kier alpha value is -3.54. The maximum absolute atomic E-state index is 12.6. The fraction of sp³-hybridized carbons (Fsp3) is 0.182. The van der Waals surface area contributed by atoms with Crippen LogP contribution in [0.5, 0.6) is 0 Å². The van der Waals surface area contributed by atoms with Crippen molar-refractivity contribution in [3.63, 3.8) is 0 Å². The average Bonchev–Trinajstić information content (AvgIpc) is 3.12. The molecule has 140 valence electrons. The number of rotatable bonds is 6. The normalized spacial score (nSPS) is 10.9. The third-order valence-corrected chi connectivity index (χ3v) is 4.49. The van der Waals surface area contributed by atoms with E-state index in [2.05, 4.69) is 26.8 Å². The van der Waals surface area contributed by atoms with E-state index in [0.29, 0.717) is 12.1 Å². The summed E-state index contributed by atoms with van der Waals surface area (Å²) >= 11 is 0. The van der Waals surface area contributed by atoms with Gasteiger partial charge < -0.3 is 9.88 Å². The van der Waals surface area contributed by atoms with E-state index >= 15 is 0 Å². The lowest BCUT2D eigenvalue weighted by molar-refractivity contribution is 0.0950. The van der Waals surface area contributed by atoms with E-state index in [9.17, 15) is 4.79 Å². The van der Waals surface area contributed by atoms with Crippen molar-refractivity contribution in [2.75, 3.05) is 0 Å². The standard InChI is InChI=1S/C22H21N5O/c1-2-13-27-20(26-19-10-6-12-24-21(19)27)16-7-5-8-17(14-16)22(28)25-15-18-9-3-4-11-23-18/h3-12,14H,2,13,15H2,1H3,(H,25,28). The molecule has 0 radical (unpaired) electrons. The molecule has 0 aliphatic rings. The van der Waals surface area contributed by atoms with Crippen molar-refractivity contribution in [1.82, 2.24) is 24.8 Å². The molecule has 0 fully saturated rings. The van der Waals surface area contributed by atoms with E-state index in [1.807, 2.05) is 54.6 Å². The van der Waals surface area contributed by atoms with Gasteiger partial charge in [0.05, 0.1) is 12.2 Å². The van der Waals surface area contributed by atoms with Crippen molar-refractivity contribution >= 4 is 17.1 Å². The van der Waals surface area contributed by atoms with Gasteiger partial charge in [-0.05, 0) is 42.8 Å². The third kappa shape index (κ3) is 3.62. The Bertz CT molecular complexity index is 1100. The number of amides is 1. The number of aryl methyl sites for hydroxylation is 1. The van der Waals surface area contributed by atoms with Gasteiger partial charge in [-0.25, -0.2) is 9.97 Å². The first kappa shape index (κ1) is 17.9. The van der Waals surface area contributed by atoms with Crippen molar-refractivity contribution in [2.24, 2.45) is 0 Å². The Morgan fingerprint density at radius 1 is 1.04 bits per heavy atom. The summed E-state index contributed by atoms with van der Waals surface area (Å²) in [7, 11) is 0. The van der Waals surface area contributed by atoms with Crippen molar-refractivity contribution in [3.05, 3.63) is 78.2 Å². The van der Waals surface area contributed by atoms with E-state index in [0.717, 1.165) is 41.2 Å². The smallest absolute Gasteiger partial charge is 0.251 e. The Balaban J connectivity index is 1.63.